The molecular weight excluding hydrogens is 466 g/mol. The summed E-state index contributed by atoms with van der Waals surface area (Å²) in [6.45, 7) is 16.9. The van der Waals surface area contributed by atoms with Crippen LogP contribution in [0.25, 0.3) is 0 Å². The molecule has 0 aliphatic carbocycles. The number of benzene rings is 1. The Morgan fingerprint density at radius 2 is 1.78 bits per heavy atom. The van der Waals surface area contributed by atoms with Gasteiger partial charge in [0.1, 0.15) is 5.75 Å². The second-order valence-electron chi connectivity index (χ2n) is 10.7. The van der Waals surface area contributed by atoms with E-state index < -0.39 is 0 Å². The van der Waals surface area contributed by atoms with Gasteiger partial charge in [-0.15, -0.1) is 17.0 Å². The Morgan fingerprint density at radius 3 is 2.38 bits per heavy atom. The summed E-state index contributed by atoms with van der Waals surface area (Å²) in [6.07, 6.45) is 7.18. The zero-order chi connectivity index (χ0) is 23.0. The Bertz CT molecular complexity index is 1010. The third-order valence-electron chi connectivity index (χ3n) is 6.74. The van der Waals surface area contributed by atoms with Crippen LogP contribution in [0.2, 0.25) is 0 Å². The lowest BCUT2D eigenvalue weighted by Crippen LogP contribution is -2.28. The number of nitrogens with one attached hydrogen (secondary N) is 1. The first-order valence-corrected chi connectivity index (χ1v) is 11.6. The Hall–Kier alpha value is -1.82. The van der Waals surface area contributed by atoms with Gasteiger partial charge in [-0.3, -0.25) is 10.2 Å². The van der Waals surface area contributed by atoms with Crippen molar-refractivity contribution in [2.75, 3.05) is 6.61 Å². The van der Waals surface area contributed by atoms with Crippen molar-refractivity contribution in [2.45, 2.75) is 91.6 Å². The molecule has 2 aromatic rings. The van der Waals surface area contributed by atoms with Crippen LogP contribution in [0.1, 0.15) is 89.2 Å². The number of rotatable bonds is 8. The first-order chi connectivity index (χ1) is 14.5. The minimum absolute atomic E-state index is 0. The number of Topliss-reactive ketones (excluding diaryl/α,β-unsaturated/α-hetero) is 1. The van der Waals surface area contributed by atoms with Crippen molar-refractivity contribution < 1.29 is 9.53 Å². The maximum atomic E-state index is 13.3. The largest absolute Gasteiger partial charge is 0.492 e. The van der Waals surface area contributed by atoms with E-state index in [4.69, 9.17) is 10.1 Å². The fourth-order valence-corrected chi connectivity index (χ4v) is 4.38. The lowest BCUT2D eigenvalue weighted by molar-refractivity contribution is 0.0969. The van der Waals surface area contributed by atoms with E-state index in [0.717, 1.165) is 42.7 Å². The number of hydrogen-bond acceptors (Lipinski definition) is 3. The second kappa shape index (κ2) is 9.98. The van der Waals surface area contributed by atoms with E-state index in [1.807, 2.05) is 29.1 Å². The summed E-state index contributed by atoms with van der Waals surface area (Å²) in [5.41, 5.74) is 3.06. The predicted molar refractivity (Wildman–Crippen MR) is 135 cm³/mol. The third-order valence-corrected chi connectivity index (χ3v) is 6.74. The molecule has 0 fully saturated rings. The maximum absolute atomic E-state index is 13.3. The van der Waals surface area contributed by atoms with E-state index >= 15 is 0 Å². The van der Waals surface area contributed by atoms with Gasteiger partial charge in [0.05, 0.1) is 13.2 Å². The van der Waals surface area contributed by atoms with Crippen molar-refractivity contribution in [2.24, 2.45) is 5.92 Å². The predicted octanol–water partition coefficient (Wildman–Crippen LogP) is 6.02. The maximum Gasteiger partial charge on any atom is 0.202 e. The molecule has 6 heteroatoms. The molecule has 1 aromatic heterocycles. The van der Waals surface area contributed by atoms with Gasteiger partial charge in [0.2, 0.25) is 5.62 Å². The summed E-state index contributed by atoms with van der Waals surface area (Å²) < 4.78 is 9.76. The molecule has 0 spiro atoms. The minimum Gasteiger partial charge on any atom is -0.492 e. The molecule has 0 saturated carbocycles. The third kappa shape index (κ3) is 5.38. The van der Waals surface area contributed by atoms with Crippen LogP contribution in [0.5, 0.6) is 5.75 Å². The molecule has 178 valence electrons. The van der Waals surface area contributed by atoms with E-state index in [0.29, 0.717) is 23.7 Å². The molecule has 1 aliphatic rings. The molecule has 32 heavy (non-hydrogen) atoms. The minimum atomic E-state index is -0.118. The average Bonchev–Trinajstić information content (AvgIpc) is 3.20. The molecule has 0 saturated heterocycles. The molecule has 0 bridgehead atoms. The SMILES string of the molecule is Br.CCC(CC)CCn1ccn(CC(=O)c2cc(C(C)(C)C)c3c(c2)C(C)(C)CO3)c1=N. The fourth-order valence-electron chi connectivity index (χ4n) is 4.38. The molecular formula is C26H40BrN3O2. The summed E-state index contributed by atoms with van der Waals surface area (Å²) in [5.74, 6) is 1.66. The monoisotopic (exact) mass is 505 g/mol. The van der Waals surface area contributed by atoms with E-state index in [1.165, 1.54) is 0 Å². The first-order valence-electron chi connectivity index (χ1n) is 11.6. The summed E-state index contributed by atoms with van der Waals surface area (Å²) in [7, 11) is 0. The van der Waals surface area contributed by atoms with Crippen molar-refractivity contribution >= 4 is 22.8 Å². The molecule has 0 atom stereocenters. The van der Waals surface area contributed by atoms with E-state index in [9.17, 15) is 4.79 Å². The number of halogens is 1. The van der Waals surface area contributed by atoms with Crippen LogP contribution in [0.3, 0.4) is 0 Å². The molecule has 2 heterocycles. The number of fused-ring (bicyclic) bond motifs is 1. The summed E-state index contributed by atoms with van der Waals surface area (Å²) in [5, 5.41) is 8.52. The summed E-state index contributed by atoms with van der Waals surface area (Å²) in [6, 6.07) is 4.00. The summed E-state index contributed by atoms with van der Waals surface area (Å²) >= 11 is 0. The van der Waals surface area contributed by atoms with Crippen molar-refractivity contribution in [3.63, 3.8) is 0 Å². The molecule has 3 rings (SSSR count). The van der Waals surface area contributed by atoms with Crippen molar-refractivity contribution in [3.05, 3.63) is 46.8 Å². The number of carbonyl (C=O) groups is 1. The Labute approximate surface area is 203 Å². The van der Waals surface area contributed by atoms with Crippen LogP contribution >= 0.6 is 17.0 Å². The van der Waals surface area contributed by atoms with Crippen LogP contribution in [-0.4, -0.2) is 21.5 Å². The highest BCUT2D eigenvalue weighted by Crippen LogP contribution is 2.45. The van der Waals surface area contributed by atoms with Crippen LogP contribution in [0, 0.1) is 11.3 Å². The van der Waals surface area contributed by atoms with Gasteiger partial charge in [0.15, 0.2) is 5.78 Å². The Morgan fingerprint density at radius 1 is 1.16 bits per heavy atom. The van der Waals surface area contributed by atoms with Crippen molar-refractivity contribution in [1.82, 2.24) is 9.13 Å². The lowest BCUT2D eigenvalue weighted by atomic mass is 9.79. The van der Waals surface area contributed by atoms with E-state index in [1.54, 1.807) is 4.57 Å². The number of aryl methyl sites for hydroxylation is 1. The number of imidazole rings is 1. The van der Waals surface area contributed by atoms with E-state index in [2.05, 4.69) is 48.5 Å². The van der Waals surface area contributed by atoms with E-state index in [-0.39, 0.29) is 40.1 Å². The van der Waals surface area contributed by atoms with Crippen molar-refractivity contribution in [1.29, 1.82) is 5.41 Å². The number of ether oxygens (including phenoxy) is 1. The topological polar surface area (TPSA) is 60.0 Å². The van der Waals surface area contributed by atoms with Gasteiger partial charge in [0.25, 0.3) is 0 Å². The van der Waals surface area contributed by atoms with Gasteiger partial charge >= 0.3 is 0 Å². The number of nitrogens with zero attached hydrogens (tertiary/aromatic N) is 2. The quantitative estimate of drug-likeness (QED) is 0.445. The summed E-state index contributed by atoms with van der Waals surface area (Å²) in [4.78, 5) is 13.3. The first kappa shape index (κ1) is 26.4. The highest BCUT2D eigenvalue weighted by molar-refractivity contribution is 8.93. The molecule has 0 radical (unpaired) electrons. The van der Waals surface area contributed by atoms with Crippen LogP contribution in [0.15, 0.2) is 24.5 Å². The zero-order valence-electron chi connectivity index (χ0n) is 20.7. The Kier molecular flexibility index (Phi) is 8.25. The molecule has 1 N–H and O–H groups in total. The second-order valence-corrected chi connectivity index (χ2v) is 10.7. The highest BCUT2D eigenvalue weighted by Gasteiger charge is 2.36. The van der Waals surface area contributed by atoms with Crippen molar-refractivity contribution in [3.8, 4) is 5.75 Å². The number of ketones is 1. The van der Waals surface area contributed by atoms with Gasteiger partial charge in [-0.25, -0.2) is 0 Å². The fraction of sp³-hybridized carbons (Fsp3) is 0.615. The molecule has 0 amide bonds. The number of hydrogen-bond donors (Lipinski definition) is 1. The van der Waals surface area contributed by atoms with Crippen LogP contribution in [0.4, 0.5) is 0 Å². The molecule has 5 nitrogen and oxygen atoms in total. The van der Waals surface area contributed by atoms with Gasteiger partial charge < -0.3 is 13.9 Å². The van der Waals surface area contributed by atoms with Crippen LogP contribution in [-0.2, 0) is 23.9 Å². The number of carbonyl (C=O) groups excluding carboxylic acids is 1. The van der Waals surface area contributed by atoms with Gasteiger partial charge in [-0.1, -0.05) is 61.3 Å². The standard InChI is InChI=1S/C26H39N3O2.BrH/c1-8-18(9-2)10-11-28-12-13-29(24(28)27)16-22(30)19-14-20(25(3,4)5)23-21(15-19)26(6,7)17-31-23;/h12-15,18,27H,8-11,16-17H2,1-7H3;1H. The lowest BCUT2D eigenvalue weighted by Gasteiger charge is -2.24. The normalized spacial score (nSPS) is 14.8. The zero-order valence-corrected chi connectivity index (χ0v) is 22.5. The molecule has 1 aliphatic heterocycles. The smallest absolute Gasteiger partial charge is 0.202 e. The van der Waals surface area contributed by atoms with Crippen LogP contribution < -0.4 is 10.4 Å². The molecule has 0 unspecified atom stereocenters. The average molecular weight is 507 g/mol. The molecule has 1 aromatic carbocycles. The number of aromatic nitrogens is 2. The Balaban J connectivity index is 0.00000363. The van der Waals surface area contributed by atoms with Gasteiger partial charge in [-0.05, 0) is 29.9 Å². The highest BCUT2D eigenvalue weighted by atomic mass is 79.9. The van der Waals surface area contributed by atoms with Gasteiger partial charge in [-0.2, -0.15) is 0 Å². The van der Waals surface area contributed by atoms with Gasteiger partial charge in [0, 0.05) is 41.0 Å².